The third-order valence-corrected chi connectivity index (χ3v) is 2.94. The van der Waals surface area contributed by atoms with Crippen molar-refractivity contribution in [2.75, 3.05) is 5.75 Å². The van der Waals surface area contributed by atoms with Gasteiger partial charge in [0.1, 0.15) is 5.25 Å². The summed E-state index contributed by atoms with van der Waals surface area (Å²) in [5.74, 6) is -0.186. The number of carboxylic acids is 1. The molecule has 0 radical (unpaired) electrons. The van der Waals surface area contributed by atoms with Gasteiger partial charge < -0.3 is 10.2 Å². The Morgan fingerprint density at radius 2 is 2.20 bits per heavy atom. The summed E-state index contributed by atoms with van der Waals surface area (Å²) < 4.78 is 0. The first-order valence-corrected chi connectivity index (χ1v) is 4.27. The van der Waals surface area contributed by atoms with E-state index in [4.69, 9.17) is 10.2 Å². The van der Waals surface area contributed by atoms with Crippen molar-refractivity contribution in [3.05, 3.63) is 0 Å². The Labute approximate surface area is 63.4 Å². The second kappa shape index (κ2) is 3.25. The van der Waals surface area contributed by atoms with Gasteiger partial charge in [0.15, 0.2) is 0 Å². The molecule has 4 heteroatoms. The smallest absolute Gasteiger partial charge is 0.316 e. The fourth-order valence-electron chi connectivity index (χ4n) is 0.932. The van der Waals surface area contributed by atoms with Crippen LogP contribution in [0.25, 0.3) is 0 Å². The molecule has 10 heavy (non-hydrogen) atoms. The number of aliphatic carboxylic acids is 1. The van der Waals surface area contributed by atoms with Gasteiger partial charge in [-0.3, -0.25) is 4.79 Å². The van der Waals surface area contributed by atoms with Crippen molar-refractivity contribution in [1.29, 1.82) is 0 Å². The van der Waals surface area contributed by atoms with E-state index in [1.807, 2.05) is 0 Å². The number of carboxylic acid groups (broad SMARTS) is 1. The van der Waals surface area contributed by atoms with Crippen LogP contribution < -0.4 is 0 Å². The van der Waals surface area contributed by atoms with Crippen molar-refractivity contribution in [2.45, 2.75) is 24.2 Å². The van der Waals surface area contributed by atoms with Crippen LogP contribution in [-0.4, -0.2) is 33.3 Å². The summed E-state index contributed by atoms with van der Waals surface area (Å²) in [6.45, 7) is 0. The van der Waals surface area contributed by atoms with E-state index in [9.17, 15) is 4.79 Å². The van der Waals surface area contributed by atoms with Crippen LogP contribution in [0.15, 0.2) is 0 Å². The number of rotatable bonds is 1. The van der Waals surface area contributed by atoms with E-state index in [1.54, 1.807) is 0 Å². The van der Waals surface area contributed by atoms with Gasteiger partial charge in [-0.2, -0.15) is 0 Å². The highest BCUT2D eigenvalue weighted by Gasteiger charge is 2.24. The predicted molar refractivity (Wildman–Crippen MR) is 39.1 cm³/mol. The molecule has 0 amide bonds. The van der Waals surface area contributed by atoms with Crippen LogP contribution in [-0.2, 0) is 4.79 Å². The minimum atomic E-state index is -0.753. The number of hydrogen-bond acceptors (Lipinski definition) is 3. The molecule has 0 bridgehead atoms. The zero-order chi connectivity index (χ0) is 7.56. The Morgan fingerprint density at radius 1 is 1.50 bits per heavy atom. The fraction of sp³-hybridized carbons (Fsp3) is 0.833. The third kappa shape index (κ3) is 1.88. The minimum absolute atomic E-state index is 0.289. The average Bonchev–Trinajstić information content (AvgIpc) is 1.88. The van der Waals surface area contributed by atoms with Gasteiger partial charge in [0.05, 0.1) is 6.10 Å². The van der Waals surface area contributed by atoms with E-state index in [0.717, 1.165) is 0 Å². The van der Waals surface area contributed by atoms with Gasteiger partial charge in [0.2, 0.25) is 0 Å². The molecule has 1 fully saturated rings. The molecule has 0 aromatic heterocycles. The van der Waals surface area contributed by atoms with Gasteiger partial charge in [0.25, 0.3) is 0 Å². The number of aliphatic hydroxyl groups is 1. The van der Waals surface area contributed by atoms with Crippen molar-refractivity contribution in [3.63, 3.8) is 0 Å². The Bertz CT molecular complexity index is 129. The molecule has 1 rings (SSSR count). The Balaban J connectivity index is 2.33. The van der Waals surface area contributed by atoms with Crippen LogP contribution in [0, 0.1) is 0 Å². The molecular weight excluding hydrogens is 152 g/mol. The molecule has 2 atom stereocenters. The van der Waals surface area contributed by atoms with Gasteiger partial charge in [0, 0.05) is 5.75 Å². The Kier molecular flexibility index (Phi) is 2.56. The van der Waals surface area contributed by atoms with Crippen LogP contribution in [0.3, 0.4) is 0 Å². The molecule has 0 saturated carbocycles. The molecular formula is C6H10O3S. The maximum atomic E-state index is 10.4. The summed E-state index contributed by atoms with van der Waals surface area (Å²) in [6.07, 6.45) is 0.936. The zero-order valence-corrected chi connectivity index (χ0v) is 6.30. The quantitative estimate of drug-likeness (QED) is 0.583. The third-order valence-electron chi connectivity index (χ3n) is 1.53. The first kappa shape index (κ1) is 7.88. The second-order valence-corrected chi connectivity index (χ2v) is 3.63. The maximum absolute atomic E-state index is 10.4. The maximum Gasteiger partial charge on any atom is 0.316 e. The minimum Gasteiger partial charge on any atom is -0.480 e. The molecule has 1 heterocycles. The largest absolute Gasteiger partial charge is 0.480 e. The van der Waals surface area contributed by atoms with Crippen molar-refractivity contribution < 1.29 is 15.0 Å². The molecule has 0 aromatic rings. The molecule has 0 spiro atoms. The lowest BCUT2D eigenvalue weighted by Gasteiger charge is -2.21. The summed E-state index contributed by atoms with van der Waals surface area (Å²) in [7, 11) is 0. The van der Waals surface area contributed by atoms with E-state index in [1.165, 1.54) is 11.8 Å². The molecule has 1 aliphatic rings. The summed E-state index contributed by atoms with van der Waals surface area (Å²) in [5, 5.41) is 17.2. The molecule has 2 unspecified atom stereocenters. The van der Waals surface area contributed by atoms with Crippen molar-refractivity contribution in [1.82, 2.24) is 0 Å². The lowest BCUT2D eigenvalue weighted by Crippen LogP contribution is -2.27. The average molecular weight is 162 g/mol. The fourth-order valence-corrected chi connectivity index (χ4v) is 2.00. The molecule has 1 aliphatic heterocycles. The number of hydrogen-bond donors (Lipinski definition) is 2. The van der Waals surface area contributed by atoms with Crippen LogP contribution in [0.1, 0.15) is 12.8 Å². The van der Waals surface area contributed by atoms with Crippen LogP contribution >= 0.6 is 11.8 Å². The topological polar surface area (TPSA) is 57.5 Å². The van der Waals surface area contributed by atoms with Crippen LogP contribution in [0.5, 0.6) is 0 Å². The van der Waals surface area contributed by atoms with Crippen molar-refractivity contribution in [2.24, 2.45) is 0 Å². The van der Waals surface area contributed by atoms with Crippen LogP contribution in [0.2, 0.25) is 0 Å². The van der Waals surface area contributed by atoms with E-state index in [-0.39, 0.29) is 11.4 Å². The SMILES string of the molecule is O=C(O)C1CCC(O)CS1. The molecule has 2 N–H and O–H groups in total. The lowest BCUT2D eigenvalue weighted by molar-refractivity contribution is -0.136. The summed E-state index contributed by atoms with van der Waals surface area (Å²) in [6, 6.07) is 0. The summed E-state index contributed by atoms with van der Waals surface area (Å²) in [5.41, 5.74) is 0. The van der Waals surface area contributed by atoms with Gasteiger partial charge >= 0.3 is 5.97 Å². The summed E-state index contributed by atoms with van der Waals surface area (Å²) in [4.78, 5) is 10.4. The molecule has 0 aromatic carbocycles. The highest BCUT2D eigenvalue weighted by molar-refractivity contribution is 8.00. The number of aliphatic hydroxyl groups excluding tert-OH is 1. The van der Waals surface area contributed by atoms with Crippen LogP contribution in [0.4, 0.5) is 0 Å². The highest BCUT2D eigenvalue weighted by Crippen LogP contribution is 2.25. The molecule has 0 aliphatic carbocycles. The lowest BCUT2D eigenvalue weighted by atomic mass is 10.1. The normalized spacial score (nSPS) is 33.7. The first-order chi connectivity index (χ1) is 4.70. The van der Waals surface area contributed by atoms with E-state index >= 15 is 0 Å². The monoisotopic (exact) mass is 162 g/mol. The summed E-state index contributed by atoms with van der Waals surface area (Å²) >= 11 is 1.33. The Morgan fingerprint density at radius 3 is 2.60 bits per heavy atom. The second-order valence-electron chi connectivity index (χ2n) is 2.39. The van der Waals surface area contributed by atoms with Gasteiger partial charge in [-0.1, -0.05) is 0 Å². The molecule has 1 saturated heterocycles. The Hall–Kier alpha value is -0.220. The molecule has 58 valence electrons. The van der Waals surface area contributed by atoms with Gasteiger partial charge in [-0.25, -0.2) is 0 Å². The van der Waals surface area contributed by atoms with E-state index < -0.39 is 5.97 Å². The number of thioether (sulfide) groups is 1. The predicted octanol–water partition coefficient (Wildman–Crippen LogP) is 0.328. The van der Waals surface area contributed by atoms with Gasteiger partial charge in [-0.05, 0) is 12.8 Å². The van der Waals surface area contributed by atoms with E-state index in [0.29, 0.717) is 18.6 Å². The highest BCUT2D eigenvalue weighted by atomic mass is 32.2. The van der Waals surface area contributed by atoms with E-state index in [2.05, 4.69) is 0 Å². The van der Waals surface area contributed by atoms with Gasteiger partial charge in [-0.15, -0.1) is 11.8 Å². The zero-order valence-electron chi connectivity index (χ0n) is 5.49. The van der Waals surface area contributed by atoms with Crippen molar-refractivity contribution in [3.8, 4) is 0 Å². The molecule has 3 nitrogen and oxygen atoms in total. The standard InChI is InChI=1S/C6H10O3S/c7-4-1-2-5(6(8)9)10-3-4/h4-5,7H,1-3H2,(H,8,9). The van der Waals surface area contributed by atoms with Crippen molar-refractivity contribution >= 4 is 17.7 Å². The number of carbonyl (C=O) groups is 1. The first-order valence-electron chi connectivity index (χ1n) is 3.22.